The van der Waals surface area contributed by atoms with E-state index in [0.717, 1.165) is 69.3 Å². The summed E-state index contributed by atoms with van der Waals surface area (Å²) in [4.78, 5) is 13.4. The Morgan fingerprint density at radius 2 is 1.66 bits per heavy atom. The predicted octanol–water partition coefficient (Wildman–Crippen LogP) is 5.32. The molecule has 5 fully saturated rings. The number of carbonyl (C=O) groups is 1. The molecule has 0 saturated heterocycles. The van der Waals surface area contributed by atoms with E-state index in [4.69, 9.17) is 4.74 Å². The van der Waals surface area contributed by atoms with Gasteiger partial charge in [0.1, 0.15) is 0 Å². The molecule has 3 heteroatoms. The normalized spacial score (nSPS) is 43.3. The van der Waals surface area contributed by atoms with Crippen molar-refractivity contribution in [3.63, 3.8) is 0 Å². The lowest BCUT2D eigenvalue weighted by atomic mass is 9.49. The van der Waals surface area contributed by atoms with E-state index in [-0.39, 0.29) is 17.1 Å². The number of fused-ring (bicyclic) bond motifs is 2. The number of nitrogens with one attached hydrogen (secondary N) is 1. The van der Waals surface area contributed by atoms with Crippen LogP contribution in [-0.4, -0.2) is 11.9 Å². The maximum atomic E-state index is 13.4. The molecule has 1 aliphatic heterocycles. The first-order valence-electron chi connectivity index (χ1n) is 12.1. The minimum atomic E-state index is -0.0588. The van der Waals surface area contributed by atoms with Crippen molar-refractivity contribution in [1.82, 2.24) is 5.32 Å². The van der Waals surface area contributed by atoms with Crippen LogP contribution in [0, 0.1) is 29.1 Å². The molecule has 7 rings (SSSR count). The van der Waals surface area contributed by atoms with E-state index < -0.39 is 0 Å². The summed E-state index contributed by atoms with van der Waals surface area (Å²) in [5.74, 6) is 3.46. The lowest BCUT2D eigenvalue weighted by Crippen LogP contribution is -2.55. The predicted molar refractivity (Wildman–Crippen MR) is 113 cm³/mol. The Morgan fingerprint density at radius 1 is 1.03 bits per heavy atom. The SMILES string of the molecule is CC(NC(=O)C12CC3CC(CC(C3)C1)C2)C1CCC2(CC1)OCc1ccccc12. The highest BCUT2D eigenvalue weighted by Gasteiger charge is 2.55. The van der Waals surface area contributed by atoms with Crippen molar-refractivity contribution in [2.45, 2.75) is 89.4 Å². The Morgan fingerprint density at radius 3 is 2.31 bits per heavy atom. The van der Waals surface area contributed by atoms with Crippen LogP contribution in [-0.2, 0) is 21.7 Å². The number of rotatable bonds is 3. The van der Waals surface area contributed by atoms with Crippen molar-refractivity contribution in [3.8, 4) is 0 Å². The largest absolute Gasteiger partial charge is 0.366 e. The molecule has 4 bridgehead atoms. The Balaban J connectivity index is 1.10. The van der Waals surface area contributed by atoms with E-state index >= 15 is 0 Å². The van der Waals surface area contributed by atoms with Gasteiger partial charge in [0.15, 0.2) is 0 Å². The minimum absolute atomic E-state index is 0.0214. The molecule has 0 aromatic heterocycles. The van der Waals surface area contributed by atoms with Gasteiger partial charge in [0.05, 0.1) is 12.2 Å². The first kappa shape index (κ1) is 18.4. The van der Waals surface area contributed by atoms with E-state index in [1.807, 2.05) is 0 Å². The van der Waals surface area contributed by atoms with Crippen molar-refractivity contribution in [2.75, 3.05) is 0 Å². The summed E-state index contributed by atoms with van der Waals surface area (Å²) >= 11 is 0. The van der Waals surface area contributed by atoms with Crippen LogP contribution in [0.1, 0.15) is 82.3 Å². The molecule has 1 aromatic rings. The molecule has 5 saturated carbocycles. The number of benzene rings is 1. The molecule has 1 amide bonds. The molecule has 5 aliphatic carbocycles. The quantitative estimate of drug-likeness (QED) is 0.754. The van der Waals surface area contributed by atoms with Crippen LogP contribution < -0.4 is 5.32 Å². The van der Waals surface area contributed by atoms with Crippen LogP contribution in [0.15, 0.2) is 24.3 Å². The average molecular weight is 394 g/mol. The average Bonchev–Trinajstić information content (AvgIpc) is 3.06. The number of hydrogen-bond acceptors (Lipinski definition) is 2. The van der Waals surface area contributed by atoms with Gasteiger partial charge in [-0.1, -0.05) is 24.3 Å². The Kier molecular flexibility index (Phi) is 4.18. The zero-order valence-corrected chi connectivity index (χ0v) is 17.8. The third-order valence-corrected chi connectivity index (χ3v) is 9.44. The summed E-state index contributed by atoms with van der Waals surface area (Å²) in [7, 11) is 0. The summed E-state index contributed by atoms with van der Waals surface area (Å²) in [5, 5.41) is 3.53. The van der Waals surface area contributed by atoms with Crippen molar-refractivity contribution >= 4 is 5.91 Å². The molecule has 1 aromatic carbocycles. The van der Waals surface area contributed by atoms with Gasteiger partial charge in [-0.25, -0.2) is 0 Å². The Labute approximate surface area is 175 Å². The van der Waals surface area contributed by atoms with Gasteiger partial charge in [-0.15, -0.1) is 0 Å². The first-order valence-corrected chi connectivity index (χ1v) is 12.1. The molecule has 1 N–H and O–H groups in total. The van der Waals surface area contributed by atoms with Crippen LogP contribution in [0.3, 0.4) is 0 Å². The van der Waals surface area contributed by atoms with Gasteiger partial charge in [0.25, 0.3) is 0 Å². The molecule has 1 unspecified atom stereocenters. The zero-order chi connectivity index (χ0) is 19.6. The van der Waals surface area contributed by atoms with Crippen LogP contribution >= 0.6 is 0 Å². The second-order valence-electron chi connectivity index (χ2n) is 11.2. The summed E-state index contributed by atoms with van der Waals surface area (Å²) < 4.78 is 6.34. The number of ether oxygens (including phenoxy) is 1. The van der Waals surface area contributed by atoms with Gasteiger partial charge >= 0.3 is 0 Å². The Bertz CT molecular complexity index is 771. The second-order valence-corrected chi connectivity index (χ2v) is 11.2. The summed E-state index contributed by atoms with van der Waals surface area (Å²) in [6.07, 6.45) is 12.2. The van der Waals surface area contributed by atoms with E-state index in [9.17, 15) is 4.79 Å². The highest BCUT2D eigenvalue weighted by Crippen LogP contribution is 2.60. The third-order valence-electron chi connectivity index (χ3n) is 9.44. The molecule has 6 aliphatic rings. The molecule has 1 spiro atoms. The van der Waals surface area contributed by atoms with Crippen molar-refractivity contribution < 1.29 is 9.53 Å². The van der Waals surface area contributed by atoms with Gasteiger partial charge < -0.3 is 10.1 Å². The van der Waals surface area contributed by atoms with E-state index in [1.165, 1.54) is 30.4 Å². The monoisotopic (exact) mass is 393 g/mol. The summed E-state index contributed by atoms with van der Waals surface area (Å²) in [6.45, 7) is 3.02. The molecular formula is C26H35NO2. The standard InChI is InChI=1S/C26H35NO2/c1-17(27-24(28)25-13-18-10-19(14-25)12-20(11-18)15-25)21-6-8-26(9-7-21)23-5-3-2-4-22(23)16-29-26/h2-5,17-21H,6-16H2,1H3,(H,27,28). The van der Waals surface area contributed by atoms with Gasteiger partial charge in [-0.2, -0.15) is 0 Å². The lowest BCUT2D eigenvalue weighted by molar-refractivity contribution is -0.147. The fourth-order valence-corrected chi connectivity index (χ4v) is 8.27. The smallest absolute Gasteiger partial charge is 0.226 e. The zero-order valence-electron chi connectivity index (χ0n) is 17.8. The van der Waals surface area contributed by atoms with Gasteiger partial charge in [0.2, 0.25) is 5.91 Å². The molecule has 1 atom stereocenters. The topological polar surface area (TPSA) is 38.3 Å². The molecular weight excluding hydrogens is 358 g/mol. The fourth-order valence-electron chi connectivity index (χ4n) is 8.27. The molecule has 156 valence electrons. The van der Waals surface area contributed by atoms with Gasteiger partial charge in [-0.3, -0.25) is 4.79 Å². The highest BCUT2D eigenvalue weighted by molar-refractivity contribution is 5.83. The van der Waals surface area contributed by atoms with Crippen LogP contribution in [0.5, 0.6) is 0 Å². The lowest BCUT2D eigenvalue weighted by Gasteiger charge is -2.56. The molecule has 0 radical (unpaired) electrons. The van der Waals surface area contributed by atoms with Crippen molar-refractivity contribution in [2.24, 2.45) is 29.1 Å². The maximum Gasteiger partial charge on any atom is 0.226 e. The molecule has 1 heterocycles. The van der Waals surface area contributed by atoms with Crippen molar-refractivity contribution in [1.29, 1.82) is 0 Å². The van der Waals surface area contributed by atoms with Crippen LogP contribution in [0.4, 0.5) is 0 Å². The number of amides is 1. The van der Waals surface area contributed by atoms with Crippen LogP contribution in [0.25, 0.3) is 0 Å². The Hall–Kier alpha value is -1.35. The van der Waals surface area contributed by atoms with E-state index in [0.29, 0.717) is 11.8 Å². The van der Waals surface area contributed by atoms with Gasteiger partial charge in [-0.05, 0) is 106 Å². The minimum Gasteiger partial charge on any atom is -0.366 e. The van der Waals surface area contributed by atoms with Crippen LogP contribution in [0.2, 0.25) is 0 Å². The molecule has 3 nitrogen and oxygen atoms in total. The summed E-state index contributed by atoms with van der Waals surface area (Å²) in [6, 6.07) is 9.03. The second kappa shape index (κ2) is 6.57. The summed E-state index contributed by atoms with van der Waals surface area (Å²) in [5.41, 5.74) is 2.71. The number of hydrogen-bond donors (Lipinski definition) is 1. The van der Waals surface area contributed by atoms with Crippen molar-refractivity contribution in [3.05, 3.63) is 35.4 Å². The van der Waals surface area contributed by atoms with Gasteiger partial charge in [0, 0.05) is 11.5 Å². The number of carbonyl (C=O) groups excluding carboxylic acids is 1. The molecule has 29 heavy (non-hydrogen) atoms. The fraction of sp³-hybridized carbons (Fsp3) is 0.731. The highest BCUT2D eigenvalue weighted by atomic mass is 16.5. The van der Waals surface area contributed by atoms with E-state index in [1.54, 1.807) is 0 Å². The third kappa shape index (κ3) is 2.91. The maximum absolute atomic E-state index is 13.4. The first-order chi connectivity index (χ1) is 14.1. The van der Waals surface area contributed by atoms with E-state index in [2.05, 4.69) is 36.5 Å².